The molecule has 0 aliphatic carbocycles. The van der Waals surface area contributed by atoms with E-state index in [1.54, 1.807) is 24.8 Å². The molecular weight excluding hydrogens is 426 g/mol. The molecule has 0 radical (unpaired) electrons. The molecule has 0 saturated carbocycles. The molecule has 3 rings (SSSR count). The van der Waals surface area contributed by atoms with E-state index in [0.717, 1.165) is 18.6 Å². The Bertz CT molecular complexity index is 1100. The molecule has 168 valence electrons. The summed E-state index contributed by atoms with van der Waals surface area (Å²) in [4.78, 5) is 14.1. The van der Waals surface area contributed by atoms with E-state index in [0.29, 0.717) is 30.0 Å². The standard InChI is InChI=1S/C22H26F2N2O4S/c1-14(2)9-10-26-18-7-6-16(12-19(18)30-13-22(3,4)21(26)27)25-31(28,29)20-8-5-15(23)11-17(20)24/h5-8,11-12,14,25H,9-10,13H2,1-4H3. The lowest BCUT2D eigenvalue weighted by atomic mass is 9.92. The summed E-state index contributed by atoms with van der Waals surface area (Å²) in [5.74, 6) is -1.40. The van der Waals surface area contributed by atoms with Crippen molar-refractivity contribution in [3.05, 3.63) is 48.0 Å². The van der Waals surface area contributed by atoms with Crippen molar-refractivity contribution in [3.63, 3.8) is 0 Å². The molecule has 1 heterocycles. The number of benzene rings is 2. The highest BCUT2D eigenvalue weighted by molar-refractivity contribution is 7.92. The van der Waals surface area contributed by atoms with Crippen LogP contribution < -0.4 is 14.4 Å². The molecule has 1 aliphatic rings. The zero-order chi connectivity index (χ0) is 23.0. The van der Waals surface area contributed by atoms with Crippen molar-refractivity contribution in [2.45, 2.75) is 39.0 Å². The number of fused-ring (bicyclic) bond motifs is 1. The summed E-state index contributed by atoms with van der Waals surface area (Å²) >= 11 is 0. The van der Waals surface area contributed by atoms with Gasteiger partial charge < -0.3 is 9.64 Å². The summed E-state index contributed by atoms with van der Waals surface area (Å²) in [6.07, 6.45) is 0.791. The van der Waals surface area contributed by atoms with Gasteiger partial charge in [-0.25, -0.2) is 17.2 Å². The van der Waals surface area contributed by atoms with Crippen LogP contribution >= 0.6 is 0 Å². The van der Waals surface area contributed by atoms with Gasteiger partial charge in [0.2, 0.25) is 5.91 Å². The lowest BCUT2D eigenvalue weighted by molar-refractivity contribution is -0.127. The minimum atomic E-state index is -4.29. The molecule has 0 aromatic heterocycles. The van der Waals surface area contributed by atoms with Crippen LogP contribution in [0.5, 0.6) is 5.75 Å². The Morgan fingerprint density at radius 1 is 1.16 bits per heavy atom. The molecular formula is C22H26F2N2O4S. The van der Waals surface area contributed by atoms with Gasteiger partial charge in [-0.15, -0.1) is 0 Å². The number of hydrogen-bond donors (Lipinski definition) is 1. The van der Waals surface area contributed by atoms with Crippen LogP contribution in [0, 0.1) is 23.0 Å². The molecule has 0 bridgehead atoms. The predicted molar refractivity (Wildman–Crippen MR) is 115 cm³/mol. The molecule has 6 nitrogen and oxygen atoms in total. The average Bonchev–Trinajstić information content (AvgIpc) is 2.75. The van der Waals surface area contributed by atoms with Crippen molar-refractivity contribution in [1.29, 1.82) is 0 Å². The topological polar surface area (TPSA) is 75.7 Å². The van der Waals surface area contributed by atoms with Gasteiger partial charge in [0, 0.05) is 18.7 Å². The lowest BCUT2D eigenvalue weighted by Crippen LogP contribution is -2.42. The van der Waals surface area contributed by atoms with Crippen LogP contribution in [-0.4, -0.2) is 27.5 Å². The van der Waals surface area contributed by atoms with Crippen LogP contribution in [-0.2, 0) is 14.8 Å². The Morgan fingerprint density at radius 2 is 1.87 bits per heavy atom. The molecule has 0 spiro atoms. The molecule has 0 unspecified atom stereocenters. The normalized spacial score (nSPS) is 16.0. The number of sulfonamides is 1. The second kappa shape index (κ2) is 8.45. The van der Waals surface area contributed by atoms with Gasteiger partial charge in [0.15, 0.2) is 0 Å². The summed E-state index contributed by atoms with van der Waals surface area (Å²) < 4.78 is 60.4. The minimum absolute atomic E-state index is 0.0754. The van der Waals surface area contributed by atoms with Crippen molar-refractivity contribution in [1.82, 2.24) is 0 Å². The fourth-order valence-electron chi connectivity index (χ4n) is 3.22. The monoisotopic (exact) mass is 452 g/mol. The molecule has 1 amide bonds. The number of amides is 1. The van der Waals surface area contributed by atoms with Crippen molar-refractivity contribution in [3.8, 4) is 5.75 Å². The maximum Gasteiger partial charge on any atom is 0.264 e. The Hall–Kier alpha value is -2.68. The first kappa shape index (κ1) is 23.0. The third-order valence-electron chi connectivity index (χ3n) is 5.03. The molecule has 9 heteroatoms. The van der Waals surface area contributed by atoms with E-state index in [9.17, 15) is 22.0 Å². The van der Waals surface area contributed by atoms with Crippen LogP contribution in [0.2, 0.25) is 0 Å². The number of carbonyl (C=O) groups excluding carboxylic acids is 1. The first-order chi connectivity index (χ1) is 14.4. The molecule has 1 aliphatic heterocycles. The first-order valence-corrected chi connectivity index (χ1v) is 11.5. The minimum Gasteiger partial charge on any atom is -0.490 e. The second-order valence-corrected chi connectivity index (χ2v) is 10.3. The van der Waals surface area contributed by atoms with Gasteiger partial charge in [-0.05, 0) is 50.5 Å². The predicted octanol–water partition coefficient (Wildman–Crippen LogP) is 4.56. The van der Waals surface area contributed by atoms with Crippen molar-refractivity contribution < 1.29 is 26.7 Å². The SMILES string of the molecule is CC(C)CCN1C(=O)C(C)(C)COc2cc(NS(=O)(=O)c3ccc(F)cc3F)ccc21. The van der Waals surface area contributed by atoms with Crippen LogP contribution in [0.15, 0.2) is 41.3 Å². The Kier molecular flexibility index (Phi) is 6.27. The molecule has 0 saturated heterocycles. The van der Waals surface area contributed by atoms with E-state index in [2.05, 4.69) is 18.6 Å². The second-order valence-electron chi connectivity index (χ2n) is 8.67. The highest BCUT2D eigenvalue weighted by Crippen LogP contribution is 2.39. The van der Waals surface area contributed by atoms with E-state index >= 15 is 0 Å². The average molecular weight is 453 g/mol. The largest absolute Gasteiger partial charge is 0.490 e. The zero-order valence-corrected chi connectivity index (χ0v) is 18.7. The van der Waals surface area contributed by atoms with Crippen LogP contribution in [0.1, 0.15) is 34.1 Å². The summed E-state index contributed by atoms with van der Waals surface area (Å²) in [7, 11) is -4.29. The van der Waals surface area contributed by atoms with Crippen molar-refractivity contribution in [2.75, 3.05) is 22.8 Å². The van der Waals surface area contributed by atoms with Gasteiger partial charge in [-0.3, -0.25) is 9.52 Å². The van der Waals surface area contributed by atoms with Crippen LogP contribution in [0.25, 0.3) is 0 Å². The summed E-state index contributed by atoms with van der Waals surface area (Å²) in [5, 5.41) is 0. The van der Waals surface area contributed by atoms with Crippen LogP contribution in [0.4, 0.5) is 20.2 Å². The van der Waals surface area contributed by atoms with Crippen molar-refractivity contribution >= 4 is 27.3 Å². The Morgan fingerprint density at radius 3 is 2.52 bits per heavy atom. The molecule has 31 heavy (non-hydrogen) atoms. The summed E-state index contributed by atoms with van der Waals surface area (Å²) in [6.45, 7) is 8.35. The van der Waals surface area contributed by atoms with Crippen LogP contribution in [0.3, 0.4) is 0 Å². The number of carbonyl (C=O) groups is 1. The highest BCUT2D eigenvalue weighted by Gasteiger charge is 2.37. The first-order valence-electron chi connectivity index (χ1n) is 9.97. The fraction of sp³-hybridized carbons (Fsp3) is 0.409. The van der Waals surface area contributed by atoms with Gasteiger partial charge in [-0.2, -0.15) is 0 Å². The third kappa shape index (κ3) is 4.98. The summed E-state index contributed by atoms with van der Waals surface area (Å²) in [6, 6.07) is 6.79. The molecule has 2 aromatic carbocycles. The molecule has 2 aromatic rings. The van der Waals surface area contributed by atoms with Gasteiger partial charge in [-0.1, -0.05) is 13.8 Å². The van der Waals surface area contributed by atoms with Crippen molar-refractivity contribution in [2.24, 2.45) is 11.3 Å². The van der Waals surface area contributed by atoms with Gasteiger partial charge in [0.1, 0.15) is 28.9 Å². The van der Waals surface area contributed by atoms with Gasteiger partial charge in [0.25, 0.3) is 10.0 Å². The number of anilines is 2. The third-order valence-corrected chi connectivity index (χ3v) is 6.44. The Balaban J connectivity index is 1.95. The maximum absolute atomic E-state index is 14.0. The molecule has 0 atom stereocenters. The smallest absolute Gasteiger partial charge is 0.264 e. The number of ether oxygens (including phenoxy) is 1. The number of nitrogens with zero attached hydrogens (tertiary/aromatic N) is 1. The molecule has 1 N–H and O–H groups in total. The molecule has 0 fully saturated rings. The van der Waals surface area contributed by atoms with E-state index in [1.165, 1.54) is 12.1 Å². The number of rotatable bonds is 6. The van der Waals surface area contributed by atoms with E-state index in [-0.39, 0.29) is 18.2 Å². The highest BCUT2D eigenvalue weighted by atomic mass is 32.2. The van der Waals surface area contributed by atoms with Gasteiger partial charge >= 0.3 is 0 Å². The van der Waals surface area contributed by atoms with E-state index in [1.807, 2.05) is 0 Å². The lowest BCUT2D eigenvalue weighted by Gasteiger charge is -2.28. The Labute approximate surface area is 181 Å². The zero-order valence-electron chi connectivity index (χ0n) is 17.9. The fourth-order valence-corrected chi connectivity index (χ4v) is 4.33. The van der Waals surface area contributed by atoms with Gasteiger partial charge in [0.05, 0.1) is 16.8 Å². The quantitative estimate of drug-likeness (QED) is 0.697. The maximum atomic E-state index is 14.0. The number of hydrogen-bond acceptors (Lipinski definition) is 4. The van der Waals surface area contributed by atoms with E-state index in [4.69, 9.17) is 4.74 Å². The van der Waals surface area contributed by atoms with E-state index < -0.39 is 32.0 Å². The summed E-state index contributed by atoms with van der Waals surface area (Å²) in [5.41, 5.74) is -0.0713. The number of nitrogens with one attached hydrogen (secondary N) is 1. The number of halogens is 2.